The van der Waals surface area contributed by atoms with Crippen LogP contribution in [-0.4, -0.2) is 36.1 Å². The lowest BCUT2D eigenvalue weighted by atomic mass is 9.92. The van der Waals surface area contributed by atoms with E-state index in [0.29, 0.717) is 12.1 Å². The second kappa shape index (κ2) is 4.85. The van der Waals surface area contributed by atoms with Gasteiger partial charge < -0.3 is 4.90 Å². The minimum Gasteiger partial charge on any atom is -0.360 e. The van der Waals surface area contributed by atoms with Crippen molar-refractivity contribution in [3.05, 3.63) is 59.4 Å². The van der Waals surface area contributed by atoms with E-state index in [9.17, 15) is 0 Å². The highest BCUT2D eigenvalue weighted by atomic mass is 15.3. The SMILES string of the molecule is CC1C2c3ccccc3Cc3ncccc3N2CCN1C. The average molecular weight is 279 g/mol. The zero-order chi connectivity index (χ0) is 14.4. The molecule has 0 amide bonds. The topological polar surface area (TPSA) is 19.4 Å². The highest BCUT2D eigenvalue weighted by molar-refractivity contribution is 5.58. The third kappa shape index (κ3) is 1.95. The van der Waals surface area contributed by atoms with Gasteiger partial charge in [-0.05, 0) is 37.2 Å². The minimum atomic E-state index is 0.422. The molecule has 0 N–H and O–H groups in total. The van der Waals surface area contributed by atoms with Gasteiger partial charge in [-0.1, -0.05) is 24.3 Å². The first kappa shape index (κ1) is 12.8. The predicted octanol–water partition coefficient (Wildman–Crippen LogP) is 2.87. The van der Waals surface area contributed by atoms with Gasteiger partial charge in [0.15, 0.2) is 0 Å². The lowest BCUT2D eigenvalue weighted by Crippen LogP contribution is -2.52. The van der Waals surface area contributed by atoms with Crippen molar-refractivity contribution in [1.29, 1.82) is 0 Å². The summed E-state index contributed by atoms with van der Waals surface area (Å²) in [5, 5.41) is 0. The van der Waals surface area contributed by atoms with Crippen LogP contribution in [-0.2, 0) is 6.42 Å². The number of hydrogen-bond donors (Lipinski definition) is 0. The fourth-order valence-corrected chi connectivity index (χ4v) is 3.80. The molecule has 21 heavy (non-hydrogen) atoms. The second-order valence-corrected chi connectivity index (χ2v) is 6.20. The van der Waals surface area contributed by atoms with Crippen LogP contribution in [0.3, 0.4) is 0 Å². The van der Waals surface area contributed by atoms with Crippen molar-refractivity contribution in [2.24, 2.45) is 0 Å². The molecule has 1 aromatic heterocycles. The largest absolute Gasteiger partial charge is 0.360 e. The van der Waals surface area contributed by atoms with Crippen LogP contribution < -0.4 is 4.90 Å². The molecular weight excluding hydrogens is 258 g/mol. The first-order chi connectivity index (χ1) is 10.3. The molecule has 1 saturated heterocycles. The van der Waals surface area contributed by atoms with Crippen LogP contribution in [0.5, 0.6) is 0 Å². The summed E-state index contributed by atoms with van der Waals surface area (Å²) in [6.45, 7) is 4.52. The molecule has 3 heterocycles. The van der Waals surface area contributed by atoms with E-state index in [1.165, 1.54) is 22.5 Å². The molecule has 0 radical (unpaired) electrons. The molecule has 0 aliphatic carbocycles. The Morgan fingerprint density at radius 3 is 2.86 bits per heavy atom. The average Bonchev–Trinajstić information content (AvgIpc) is 2.65. The fourth-order valence-electron chi connectivity index (χ4n) is 3.80. The van der Waals surface area contributed by atoms with Gasteiger partial charge in [0, 0.05) is 31.7 Å². The first-order valence-electron chi connectivity index (χ1n) is 7.74. The Morgan fingerprint density at radius 1 is 1.10 bits per heavy atom. The van der Waals surface area contributed by atoms with E-state index in [0.717, 1.165) is 19.5 Å². The highest BCUT2D eigenvalue weighted by Gasteiger charge is 2.37. The van der Waals surface area contributed by atoms with Gasteiger partial charge in [-0.15, -0.1) is 0 Å². The Kier molecular flexibility index (Phi) is 2.96. The molecule has 0 spiro atoms. The maximum absolute atomic E-state index is 4.66. The van der Waals surface area contributed by atoms with Crippen molar-refractivity contribution in [2.45, 2.75) is 25.4 Å². The summed E-state index contributed by atoms with van der Waals surface area (Å²) >= 11 is 0. The Morgan fingerprint density at radius 2 is 1.95 bits per heavy atom. The molecule has 2 unspecified atom stereocenters. The summed E-state index contributed by atoms with van der Waals surface area (Å²) in [4.78, 5) is 9.70. The summed E-state index contributed by atoms with van der Waals surface area (Å²) in [5.74, 6) is 0. The monoisotopic (exact) mass is 279 g/mol. The van der Waals surface area contributed by atoms with E-state index in [4.69, 9.17) is 0 Å². The van der Waals surface area contributed by atoms with Gasteiger partial charge in [-0.2, -0.15) is 0 Å². The molecule has 0 bridgehead atoms. The normalized spacial score (nSPS) is 24.8. The summed E-state index contributed by atoms with van der Waals surface area (Å²) < 4.78 is 0. The smallest absolute Gasteiger partial charge is 0.0699 e. The van der Waals surface area contributed by atoms with Crippen LogP contribution in [0.15, 0.2) is 42.6 Å². The standard InChI is InChI=1S/C18H21N3/c1-13-18-15-7-4-3-6-14(15)12-16-17(8-5-9-19-16)21(18)11-10-20(13)2/h3-9,13,18H,10-12H2,1-2H3. The Hall–Kier alpha value is -1.87. The predicted molar refractivity (Wildman–Crippen MR) is 85.7 cm³/mol. The summed E-state index contributed by atoms with van der Waals surface area (Å²) in [6.07, 6.45) is 2.86. The van der Waals surface area contributed by atoms with E-state index < -0.39 is 0 Å². The maximum Gasteiger partial charge on any atom is 0.0699 e. The van der Waals surface area contributed by atoms with Crippen molar-refractivity contribution in [1.82, 2.24) is 9.88 Å². The van der Waals surface area contributed by atoms with Crippen molar-refractivity contribution >= 4 is 5.69 Å². The molecule has 2 aliphatic heterocycles. The number of fused-ring (bicyclic) bond motifs is 5. The van der Waals surface area contributed by atoms with Gasteiger partial charge in [0.2, 0.25) is 0 Å². The minimum absolute atomic E-state index is 0.422. The number of benzene rings is 1. The number of hydrogen-bond acceptors (Lipinski definition) is 3. The Balaban J connectivity index is 1.93. The molecule has 108 valence electrons. The Bertz CT molecular complexity index is 667. The van der Waals surface area contributed by atoms with Gasteiger partial charge in [-0.3, -0.25) is 9.88 Å². The molecule has 2 atom stereocenters. The first-order valence-corrected chi connectivity index (χ1v) is 7.74. The van der Waals surface area contributed by atoms with Crippen LogP contribution in [0.1, 0.15) is 29.8 Å². The van der Waals surface area contributed by atoms with E-state index >= 15 is 0 Å². The molecule has 2 aromatic rings. The van der Waals surface area contributed by atoms with E-state index in [2.05, 4.69) is 65.2 Å². The van der Waals surface area contributed by atoms with Crippen molar-refractivity contribution in [3.8, 4) is 0 Å². The number of rotatable bonds is 0. The summed E-state index contributed by atoms with van der Waals surface area (Å²) in [7, 11) is 2.24. The van der Waals surface area contributed by atoms with Crippen LogP contribution in [0.2, 0.25) is 0 Å². The number of aromatic nitrogens is 1. The molecule has 0 saturated carbocycles. The van der Waals surface area contributed by atoms with E-state index in [-0.39, 0.29) is 0 Å². The number of likely N-dealkylation sites (N-methyl/N-ethyl adjacent to an activating group) is 1. The highest BCUT2D eigenvalue weighted by Crippen LogP contribution is 2.40. The van der Waals surface area contributed by atoms with E-state index in [1.54, 1.807) is 0 Å². The van der Waals surface area contributed by atoms with Crippen LogP contribution >= 0.6 is 0 Å². The van der Waals surface area contributed by atoms with E-state index in [1.807, 2.05) is 6.20 Å². The Labute approximate surface area is 126 Å². The van der Waals surface area contributed by atoms with Crippen molar-refractivity contribution in [2.75, 3.05) is 25.0 Å². The van der Waals surface area contributed by atoms with Gasteiger partial charge in [0.05, 0.1) is 17.4 Å². The van der Waals surface area contributed by atoms with Crippen LogP contribution in [0, 0.1) is 0 Å². The lowest BCUT2D eigenvalue weighted by Gasteiger charge is -2.46. The number of piperazine rings is 1. The van der Waals surface area contributed by atoms with Gasteiger partial charge >= 0.3 is 0 Å². The van der Waals surface area contributed by atoms with Crippen LogP contribution in [0.4, 0.5) is 5.69 Å². The zero-order valence-corrected chi connectivity index (χ0v) is 12.7. The molecule has 3 nitrogen and oxygen atoms in total. The molecule has 4 rings (SSSR count). The van der Waals surface area contributed by atoms with Crippen LogP contribution in [0.25, 0.3) is 0 Å². The summed E-state index contributed by atoms with van der Waals surface area (Å²) in [6, 6.07) is 14.1. The molecule has 1 fully saturated rings. The third-order valence-corrected chi connectivity index (χ3v) is 5.09. The lowest BCUT2D eigenvalue weighted by molar-refractivity contribution is 0.189. The molecule has 1 aromatic carbocycles. The summed E-state index contributed by atoms with van der Waals surface area (Å²) in [5.41, 5.74) is 5.42. The van der Waals surface area contributed by atoms with Crippen molar-refractivity contribution < 1.29 is 0 Å². The van der Waals surface area contributed by atoms with Crippen molar-refractivity contribution in [3.63, 3.8) is 0 Å². The second-order valence-electron chi connectivity index (χ2n) is 6.20. The van der Waals surface area contributed by atoms with Gasteiger partial charge in [-0.25, -0.2) is 0 Å². The molecule has 3 heteroatoms. The zero-order valence-electron chi connectivity index (χ0n) is 12.7. The molecular formula is C18H21N3. The fraction of sp³-hybridized carbons (Fsp3) is 0.389. The number of pyridine rings is 1. The third-order valence-electron chi connectivity index (χ3n) is 5.09. The van der Waals surface area contributed by atoms with Gasteiger partial charge in [0.1, 0.15) is 0 Å². The number of anilines is 1. The van der Waals surface area contributed by atoms with Gasteiger partial charge in [0.25, 0.3) is 0 Å². The molecule has 2 aliphatic rings. The quantitative estimate of drug-likeness (QED) is 0.739. The number of nitrogens with zero attached hydrogens (tertiary/aromatic N) is 3. The maximum atomic E-state index is 4.66.